The van der Waals surface area contributed by atoms with Crippen molar-refractivity contribution < 1.29 is 19.8 Å². The Labute approximate surface area is 212 Å². The van der Waals surface area contributed by atoms with E-state index < -0.39 is 11.9 Å². The summed E-state index contributed by atoms with van der Waals surface area (Å²) in [5.74, 6) is -1.31. The Morgan fingerprint density at radius 2 is 0.529 bits per heavy atom. The zero-order valence-electron chi connectivity index (χ0n) is 23.1. The maximum atomic E-state index is 10.3. The molecule has 2 N–H and O–H groups in total. The molecule has 0 radical (unpaired) electrons. The van der Waals surface area contributed by atoms with Crippen LogP contribution in [0.5, 0.6) is 0 Å². The van der Waals surface area contributed by atoms with Gasteiger partial charge in [-0.3, -0.25) is 9.59 Å². The fourth-order valence-electron chi connectivity index (χ4n) is 4.23. The topological polar surface area (TPSA) is 74.6 Å². The summed E-state index contributed by atoms with van der Waals surface area (Å²) in [6.45, 7) is 4.51. The predicted molar refractivity (Wildman–Crippen MR) is 147 cm³/mol. The summed E-state index contributed by atoms with van der Waals surface area (Å²) in [5.41, 5.74) is 0. The highest BCUT2D eigenvalue weighted by atomic mass is 16.4. The van der Waals surface area contributed by atoms with Crippen LogP contribution < -0.4 is 0 Å². The molecule has 4 nitrogen and oxygen atoms in total. The summed E-state index contributed by atoms with van der Waals surface area (Å²) < 4.78 is 0. The maximum absolute atomic E-state index is 10.3. The largest absolute Gasteiger partial charge is 0.481 e. The quantitative estimate of drug-likeness (QED) is 0.120. The highest BCUT2D eigenvalue weighted by molar-refractivity contribution is 5.66. The van der Waals surface area contributed by atoms with Crippen LogP contribution in [0, 0.1) is 0 Å². The van der Waals surface area contributed by atoms with Crippen molar-refractivity contribution in [2.24, 2.45) is 0 Å². The van der Waals surface area contributed by atoms with Crippen LogP contribution in [-0.4, -0.2) is 22.2 Å². The minimum atomic E-state index is -0.655. The van der Waals surface area contributed by atoms with Crippen LogP contribution in [-0.2, 0) is 9.59 Å². The van der Waals surface area contributed by atoms with Crippen molar-refractivity contribution in [2.45, 2.75) is 181 Å². The van der Waals surface area contributed by atoms with Gasteiger partial charge in [-0.1, -0.05) is 155 Å². The first-order valence-electron chi connectivity index (χ1n) is 15.0. The van der Waals surface area contributed by atoms with Crippen molar-refractivity contribution in [2.75, 3.05) is 0 Å². The molecular formula is C30H60O4. The van der Waals surface area contributed by atoms with Gasteiger partial charge in [-0.25, -0.2) is 0 Å². The van der Waals surface area contributed by atoms with Crippen molar-refractivity contribution in [3.63, 3.8) is 0 Å². The minimum Gasteiger partial charge on any atom is -0.481 e. The number of rotatable bonds is 26. The maximum Gasteiger partial charge on any atom is 0.303 e. The van der Waals surface area contributed by atoms with E-state index in [1.165, 1.54) is 128 Å². The number of aliphatic carboxylic acids is 2. The van der Waals surface area contributed by atoms with E-state index in [1.54, 1.807) is 0 Å². The minimum absolute atomic E-state index is 0.345. The normalized spacial score (nSPS) is 10.6. The van der Waals surface area contributed by atoms with Crippen LogP contribution in [0.2, 0.25) is 0 Å². The zero-order chi connectivity index (χ0) is 25.5. The van der Waals surface area contributed by atoms with Crippen LogP contribution in [0.1, 0.15) is 181 Å². The molecule has 0 atom stereocenters. The average Bonchev–Trinajstić information content (AvgIpc) is 2.80. The van der Waals surface area contributed by atoms with E-state index in [9.17, 15) is 9.59 Å². The first-order chi connectivity index (χ1) is 16.5. The molecule has 0 bridgehead atoms. The van der Waals surface area contributed by atoms with Gasteiger partial charge in [0.1, 0.15) is 0 Å². The third-order valence-electron chi connectivity index (χ3n) is 6.49. The second kappa shape index (κ2) is 31.9. The third kappa shape index (κ3) is 38.2. The van der Waals surface area contributed by atoms with Gasteiger partial charge in [-0.15, -0.1) is 0 Å². The summed E-state index contributed by atoms with van der Waals surface area (Å²) in [4.78, 5) is 20.6. The number of hydrogen-bond acceptors (Lipinski definition) is 2. The SMILES string of the molecule is CCCCCCCCCCCCCCC(=O)O.CCCCCCCCCCCCCCC(=O)O. The second-order valence-electron chi connectivity index (χ2n) is 10.1. The molecule has 0 fully saturated rings. The zero-order valence-corrected chi connectivity index (χ0v) is 23.1. The molecule has 0 aromatic rings. The van der Waals surface area contributed by atoms with Crippen LogP contribution in [0.3, 0.4) is 0 Å². The smallest absolute Gasteiger partial charge is 0.303 e. The lowest BCUT2D eigenvalue weighted by Crippen LogP contribution is -1.93. The molecule has 0 aliphatic rings. The third-order valence-corrected chi connectivity index (χ3v) is 6.49. The van der Waals surface area contributed by atoms with Gasteiger partial charge in [0.2, 0.25) is 0 Å². The lowest BCUT2D eigenvalue weighted by Gasteiger charge is -2.02. The fourth-order valence-corrected chi connectivity index (χ4v) is 4.23. The molecule has 34 heavy (non-hydrogen) atoms. The summed E-state index contributed by atoms with van der Waals surface area (Å²) in [7, 11) is 0. The van der Waals surface area contributed by atoms with Gasteiger partial charge >= 0.3 is 11.9 Å². The van der Waals surface area contributed by atoms with Gasteiger partial charge in [0.05, 0.1) is 0 Å². The van der Waals surface area contributed by atoms with E-state index in [0.717, 1.165) is 25.7 Å². The summed E-state index contributed by atoms with van der Waals surface area (Å²) in [6.07, 6.45) is 31.6. The van der Waals surface area contributed by atoms with Gasteiger partial charge in [0, 0.05) is 12.8 Å². The Morgan fingerprint density at radius 1 is 0.353 bits per heavy atom. The van der Waals surface area contributed by atoms with Crippen LogP contribution in [0.25, 0.3) is 0 Å². The van der Waals surface area contributed by atoms with E-state index in [4.69, 9.17) is 10.2 Å². The lowest BCUT2D eigenvalue weighted by molar-refractivity contribution is -0.138. The van der Waals surface area contributed by atoms with Crippen LogP contribution in [0.4, 0.5) is 0 Å². The molecule has 0 rings (SSSR count). The molecule has 4 heteroatoms. The Balaban J connectivity index is 0. The van der Waals surface area contributed by atoms with Crippen molar-refractivity contribution in [1.29, 1.82) is 0 Å². The Hall–Kier alpha value is -1.06. The van der Waals surface area contributed by atoms with Crippen molar-refractivity contribution in [3.05, 3.63) is 0 Å². The highest BCUT2D eigenvalue weighted by Crippen LogP contribution is 2.13. The van der Waals surface area contributed by atoms with Crippen molar-refractivity contribution in [3.8, 4) is 0 Å². The van der Waals surface area contributed by atoms with E-state index in [0.29, 0.717) is 12.8 Å². The van der Waals surface area contributed by atoms with E-state index >= 15 is 0 Å². The molecule has 204 valence electrons. The molecule has 0 aliphatic heterocycles. The molecule has 0 aromatic carbocycles. The molecule has 0 saturated carbocycles. The molecule has 0 aromatic heterocycles. The monoisotopic (exact) mass is 484 g/mol. The molecule has 0 amide bonds. The number of carboxylic acids is 2. The number of carboxylic acid groups (broad SMARTS) is 2. The van der Waals surface area contributed by atoms with E-state index in [1.807, 2.05) is 0 Å². The van der Waals surface area contributed by atoms with Gasteiger partial charge in [-0.2, -0.15) is 0 Å². The van der Waals surface area contributed by atoms with Gasteiger partial charge in [-0.05, 0) is 12.8 Å². The second-order valence-corrected chi connectivity index (χ2v) is 10.1. The summed E-state index contributed by atoms with van der Waals surface area (Å²) >= 11 is 0. The summed E-state index contributed by atoms with van der Waals surface area (Å²) in [5, 5.41) is 16.9. The number of carbonyl (C=O) groups is 2. The lowest BCUT2D eigenvalue weighted by atomic mass is 10.0. The molecular weight excluding hydrogens is 424 g/mol. The fraction of sp³-hybridized carbons (Fsp3) is 0.933. The molecule has 0 aliphatic carbocycles. The predicted octanol–water partition coefficient (Wildman–Crippen LogP) is 10.3. The average molecular weight is 485 g/mol. The van der Waals surface area contributed by atoms with Crippen molar-refractivity contribution in [1.82, 2.24) is 0 Å². The molecule has 0 saturated heterocycles. The standard InChI is InChI=1S/2C15H30O2/c2*1-2-3-4-5-6-7-8-9-10-11-12-13-14-15(16)17/h2*2-14H2,1H3,(H,16,17). The molecule has 0 unspecified atom stereocenters. The van der Waals surface area contributed by atoms with Crippen LogP contribution >= 0.6 is 0 Å². The Kier molecular flexibility index (Phi) is 33.0. The molecule has 0 spiro atoms. The molecule has 0 heterocycles. The number of unbranched alkanes of at least 4 members (excludes halogenated alkanes) is 22. The van der Waals surface area contributed by atoms with Crippen LogP contribution in [0.15, 0.2) is 0 Å². The van der Waals surface area contributed by atoms with E-state index in [-0.39, 0.29) is 0 Å². The van der Waals surface area contributed by atoms with Crippen molar-refractivity contribution >= 4 is 11.9 Å². The number of hydrogen-bond donors (Lipinski definition) is 2. The van der Waals surface area contributed by atoms with Gasteiger partial charge < -0.3 is 10.2 Å². The first-order valence-corrected chi connectivity index (χ1v) is 15.0. The van der Waals surface area contributed by atoms with Gasteiger partial charge in [0.25, 0.3) is 0 Å². The summed E-state index contributed by atoms with van der Waals surface area (Å²) in [6, 6.07) is 0. The Bertz CT molecular complexity index is 371. The van der Waals surface area contributed by atoms with E-state index in [2.05, 4.69) is 13.8 Å². The highest BCUT2D eigenvalue weighted by Gasteiger charge is 1.98. The van der Waals surface area contributed by atoms with Gasteiger partial charge in [0.15, 0.2) is 0 Å². The Morgan fingerprint density at radius 3 is 0.706 bits per heavy atom. The first kappa shape index (κ1) is 35.1.